The van der Waals surface area contributed by atoms with Crippen molar-refractivity contribution in [2.24, 2.45) is 0 Å². The van der Waals surface area contributed by atoms with Gasteiger partial charge >= 0.3 is 0 Å². The van der Waals surface area contributed by atoms with Crippen LogP contribution >= 0.6 is 0 Å². The second-order valence-electron chi connectivity index (χ2n) is 4.05. The molecule has 1 N–H and O–H groups in total. The van der Waals surface area contributed by atoms with Crippen molar-refractivity contribution in [3.05, 3.63) is 34.5 Å². The second-order valence-corrected chi connectivity index (χ2v) is 4.05. The van der Waals surface area contributed by atoms with Crippen LogP contribution in [0, 0.1) is 6.92 Å². The summed E-state index contributed by atoms with van der Waals surface area (Å²) in [5.74, 6) is 0. The highest BCUT2D eigenvalue weighted by molar-refractivity contribution is 5.44. The van der Waals surface area contributed by atoms with Gasteiger partial charge in [-0.15, -0.1) is 0 Å². The summed E-state index contributed by atoms with van der Waals surface area (Å²) >= 11 is 0. The third-order valence-corrected chi connectivity index (χ3v) is 2.51. The van der Waals surface area contributed by atoms with Crippen LogP contribution in [0.4, 0.5) is 0 Å². The minimum atomic E-state index is -0.394. The fourth-order valence-electron chi connectivity index (χ4n) is 1.65. The molecule has 2 aromatic rings. The fourth-order valence-corrected chi connectivity index (χ4v) is 1.65. The first-order valence-corrected chi connectivity index (χ1v) is 5.31. The van der Waals surface area contributed by atoms with Gasteiger partial charge < -0.3 is 9.67 Å². The van der Waals surface area contributed by atoms with Crippen LogP contribution in [0.15, 0.2) is 23.3 Å². The average Bonchev–Trinajstić information content (AvgIpc) is 2.58. The number of rotatable bonds is 3. The van der Waals surface area contributed by atoms with Crippen LogP contribution in [0.3, 0.4) is 0 Å². The first kappa shape index (κ1) is 10.9. The van der Waals surface area contributed by atoms with Crippen LogP contribution in [-0.4, -0.2) is 25.4 Å². The second kappa shape index (κ2) is 4.09. The molecule has 0 amide bonds. The molecule has 0 saturated heterocycles. The number of nitrogens with zero attached hydrogens (tertiary/aromatic N) is 3. The van der Waals surface area contributed by atoms with E-state index in [4.69, 9.17) is 0 Å². The predicted molar refractivity (Wildman–Crippen MR) is 60.5 cm³/mol. The molecule has 0 aromatic carbocycles. The van der Waals surface area contributed by atoms with Crippen LogP contribution in [-0.2, 0) is 6.54 Å². The molecular weight excluding hydrogens is 206 g/mol. The lowest BCUT2D eigenvalue weighted by Gasteiger charge is -2.07. The van der Waals surface area contributed by atoms with Gasteiger partial charge in [0, 0.05) is 18.9 Å². The number of aliphatic hydroxyl groups is 1. The third-order valence-electron chi connectivity index (χ3n) is 2.51. The first-order chi connectivity index (χ1) is 7.58. The quantitative estimate of drug-likeness (QED) is 0.824. The Morgan fingerprint density at radius 3 is 2.94 bits per heavy atom. The molecule has 0 aliphatic heterocycles. The molecule has 2 rings (SSSR count). The highest BCUT2D eigenvalue weighted by atomic mass is 16.3. The lowest BCUT2D eigenvalue weighted by molar-refractivity contribution is 0.177. The molecule has 0 fully saturated rings. The van der Waals surface area contributed by atoms with E-state index in [-0.39, 0.29) is 5.56 Å². The normalized spacial score (nSPS) is 13.2. The van der Waals surface area contributed by atoms with E-state index in [0.717, 1.165) is 5.69 Å². The van der Waals surface area contributed by atoms with Crippen LogP contribution in [0.1, 0.15) is 19.0 Å². The van der Waals surface area contributed by atoms with Crippen molar-refractivity contribution in [2.75, 3.05) is 0 Å². The maximum absolute atomic E-state index is 12.0. The van der Waals surface area contributed by atoms with Gasteiger partial charge in [0.2, 0.25) is 0 Å². The van der Waals surface area contributed by atoms with Crippen LogP contribution in [0.25, 0.3) is 5.52 Å². The van der Waals surface area contributed by atoms with Crippen molar-refractivity contribution in [3.63, 3.8) is 0 Å². The maximum atomic E-state index is 12.0. The Hall–Kier alpha value is -1.62. The van der Waals surface area contributed by atoms with Crippen molar-refractivity contribution in [1.82, 2.24) is 14.2 Å². The zero-order chi connectivity index (χ0) is 11.7. The van der Waals surface area contributed by atoms with E-state index in [1.807, 2.05) is 6.92 Å². The van der Waals surface area contributed by atoms with Crippen molar-refractivity contribution >= 4 is 5.52 Å². The van der Waals surface area contributed by atoms with E-state index in [1.54, 1.807) is 34.5 Å². The van der Waals surface area contributed by atoms with E-state index in [2.05, 4.69) is 5.10 Å². The van der Waals surface area contributed by atoms with Crippen LogP contribution in [0.2, 0.25) is 0 Å². The van der Waals surface area contributed by atoms with Gasteiger partial charge in [-0.1, -0.05) is 0 Å². The molecule has 1 atom stereocenters. The molecule has 2 aromatic heterocycles. The monoisotopic (exact) mass is 221 g/mol. The molecule has 16 heavy (non-hydrogen) atoms. The predicted octanol–water partition coefficient (Wildman–Crippen LogP) is 0.575. The number of hydrogen-bond donors (Lipinski definition) is 1. The molecule has 5 nitrogen and oxygen atoms in total. The molecular formula is C11H15N3O2. The summed E-state index contributed by atoms with van der Waals surface area (Å²) in [4.78, 5) is 12.0. The summed E-state index contributed by atoms with van der Waals surface area (Å²) in [6.45, 7) is 4.09. The molecule has 86 valence electrons. The number of aryl methyl sites for hydroxylation is 2. The Bertz CT molecular complexity index is 554. The summed E-state index contributed by atoms with van der Waals surface area (Å²) < 4.78 is 3.18. The Morgan fingerprint density at radius 2 is 2.25 bits per heavy atom. The van der Waals surface area contributed by atoms with Gasteiger partial charge in [0.05, 0.1) is 11.8 Å². The van der Waals surface area contributed by atoms with Crippen molar-refractivity contribution < 1.29 is 5.11 Å². The molecule has 0 aliphatic carbocycles. The van der Waals surface area contributed by atoms with Crippen LogP contribution in [0.5, 0.6) is 0 Å². The summed E-state index contributed by atoms with van der Waals surface area (Å²) in [5.41, 5.74) is 1.33. The zero-order valence-corrected chi connectivity index (χ0v) is 9.42. The lowest BCUT2D eigenvalue weighted by Crippen LogP contribution is -2.22. The van der Waals surface area contributed by atoms with E-state index < -0.39 is 6.10 Å². The average molecular weight is 221 g/mol. The molecule has 1 unspecified atom stereocenters. The Labute approximate surface area is 92.9 Å². The van der Waals surface area contributed by atoms with Crippen molar-refractivity contribution in [2.45, 2.75) is 32.9 Å². The van der Waals surface area contributed by atoms with E-state index >= 15 is 0 Å². The largest absolute Gasteiger partial charge is 0.393 e. The molecule has 0 saturated carbocycles. The number of aliphatic hydroxyl groups excluding tert-OH is 1. The summed E-state index contributed by atoms with van der Waals surface area (Å²) in [7, 11) is 0. The van der Waals surface area contributed by atoms with Gasteiger partial charge in [0.25, 0.3) is 5.56 Å². The SMILES string of the molecule is Cc1cc2c(=O)n(CCC(C)O)ccn2n1. The molecule has 0 aliphatic rings. The van der Waals surface area contributed by atoms with Gasteiger partial charge in [-0.25, -0.2) is 4.52 Å². The molecule has 0 spiro atoms. The number of fused-ring (bicyclic) bond motifs is 1. The molecule has 0 radical (unpaired) electrons. The van der Waals surface area contributed by atoms with Gasteiger partial charge in [0.1, 0.15) is 5.52 Å². The van der Waals surface area contributed by atoms with Crippen molar-refractivity contribution in [3.8, 4) is 0 Å². The summed E-state index contributed by atoms with van der Waals surface area (Å²) in [5, 5.41) is 13.4. The standard InChI is InChI=1S/C11H15N3O2/c1-8-7-10-11(16)13(4-3-9(2)15)5-6-14(10)12-8/h5-7,9,15H,3-4H2,1-2H3. The minimum absolute atomic E-state index is 0.0660. The minimum Gasteiger partial charge on any atom is -0.393 e. The molecule has 2 heterocycles. The topological polar surface area (TPSA) is 59.5 Å². The Kier molecular flexibility index (Phi) is 2.78. The van der Waals surface area contributed by atoms with Crippen molar-refractivity contribution in [1.29, 1.82) is 0 Å². The van der Waals surface area contributed by atoms with Gasteiger partial charge in [0.15, 0.2) is 0 Å². The van der Waals surface area contributed by atoms with Gasteiger partial charge in [-0.2, -0.15) is 5.10 Å². The molecule has 0 bridgehead atoms. The van der Waals surface area contributed by atoms with Gasteiger partial charge in [-0.05, 0) is 26.3 Å². The highest BCUT2D eigenvalue weighted by Gasteiger charge is 2.05. The Balaban J connectivity index is 2.40. The summed E-state index contributed by atoms with van der Waals surface area (Å²) in [6, 6.07) is 1.77. The fraction of sp³-hybridized carbons (Fsp3) is 0.455. The third kappa shape index (κ3) is 1.99. The zero-order valence-electron chi connectivity index (χ0n) is 9.42. The van der Waals surface area contributed by atoms with E-state index in [9.17, 15) is 9.90 Å². The first-order valence-electron chi connectivity index (χ1n) is 5.31. The smallest absolute Gasteiger partial charge is 0.276 e. The maximum Gasteiger partial charge on any atom is 0.276 e. The lowest BCUT2D eigenvalue weighted by atomic mass is 10.3. The van der Waals surface area contributed by atoms with E-state index in [1.165, 1.54) is 0 Å². The van der Waals surface area contributed by atoms with Crippen LogP contribution < -0.4 is 5.56 Å². The van der Waals surface area contributed by atoms with Gasteiger partial charge in [-0.3, -0.25) is 4.79 Å². The highest BCUT2D eigenvalue weighted by Crippen LogP contribution is 2.01. The van der Waals surface area contributed by atoms with E-state index in [0.29, 0.717) is 18.5 Å². The molecule has 5 heteroatoms. The summed E-state index contributed by atoms with van der Waals surface area (Å²) in [6.07, 6.45) is 3.63. The number of hydrogen-bond acceptors (Lipinski definition) is 3. The number of aromatic nitrogens is 3. The Morgan fingerprint density at radius 1 is 1.50 bits per heavy atom.